The second kappa shape index (κ2) is 7.60. The molecule has 7 heteroatoms. The van der Waals surface area contributed by atoms with E-state index >= 15 is 0 Å². The van der Waals surface area contributed by atoms with Gasteiger partial charge >= 0.3 is 5.97 Å². The van der Waals surface area contributed by atoms with Gasteiger partial charge in [0.15, 0.2) is 5.17 Å². The first kappa shape index (κ1) is 19.2. The fourth-order valence-electron chi connectivity index (χ4n) is 3.06. The summed E-state index contributed by atoms with van der Waals surface area (Å²) in [4.78, 5) is 31.0. The largest absolute Gasteiger partial charge is 0.480 e. The van der Waals surface area contributed by atoms with Crippen molar-refractivity contribution in [2.75, 3.05) is 0 Å². The van der Waals surface area contributed by atoms with Crippen LogP contribution in [0.2, 0.25) is 0 Å². The number of aliphatic carboxylic acids is 1. The molecular formula is C20H23N3O3S. The minimum atomic E-state index is -0.904. The molecular weight excluding hydrogens is 362 g/mol. The standard InChI is InChI=1S/C20H23N3O3S/c1-12(2)21-20-23(13(3)4)19(26)17(27-20)9-14-10-22(11-18(24)25)16-8-6-5-7-15(14)16/h5-10,12-13H,11H2,1-4H3,(H,24,25)/b17-9+,21-20?. The number of amidine groups is 1. The molecule has 1 aromatic carbocycles. The first-order chi connectivity index (χ1) is 12.8. The van der Waals surface area contributed by atoms with Crippen LogP contribution in [0.1, 0.15) is 33.3 Å². The quantitative estimate of drug-likeness (QED) is 0.794. The summed E-state index contributed by atoms with van der Waals surface area (Å²) in [6, 6.07) is 7.72. The molecule has 0 atom stereocenters. The van der Waals surface area contributed by atoms with Crippen molar-refractivity contribution < 1.29 is 14.7 Å². The Hall–Kier alpha value is -2.54. The van der Waals surface area contributed by atoms with Crippen molar-refractivity contribution >= 4 is 45.8 Å². The number of carbonyl (C=O) groups excluding carboxylic acids is 1. The van der Waals surface area contributed by atoms with Crippen molar-refractivity contribution in [1.29, 1.82) is 0 Å². The Labute approximate surface area is 162 Å². The summed E-state index contributed by atoms with van der Waals surface area (Å²) in [5.41, 5.74) is 1.66. The van der Waals surface area contributed by atoms with Crippen LogP contribution in [0.4, 0.5) is 0 Å². The van der Waals surface area contributed by atoms with Gasteiger partial charge in [0.05, 0.1) is 4.91 Å². The van der Waals surface area contributed by atoms with Crippen LogP contribution in [0, 0.1) is 0 Å². The molecule has 27 heavy (non-hydrogen) atoms. The van der Waals surface area contributed by atoms with Crippen LogP contribution in [-0.2, 0) is 16.1 Å². The van der Waals surface area contributed by atoms with E-state index in [2.05, 4.69) is 4.99 Å². The topological polar surface area (TPSA) is 74.9 Å². The number of rotatable bonds is 5. The monoisotopic (exact) mass is 385 g/mol. The lowest BCUT2D eigenvalue weighted by molar-refractivity contribution is -0.137. The van der Waals surface area contributed by atoms with Gasteiger partial charge in [0.25, 0.3) is 5.91 Å². The zero-order valence-electron chi connectivity index (χ0n) is 15.8. The number of nitrogens with zero attached hydrogens (tertiary/aromatic N) is 3. The summed E-state index contributed by atoms with van der Waals surface area (Å²) in [7, 11) is 0. The molecule has 2 heterocycles. The minimum Gasteiger partial charge on any atom is -0.480 e. The molecule has 1 aromatic heterocycles. The number of aromatic nitrogens is 1. The lowest BCUT2D eigenvalue weighted by Gasteiger charge is -2.20. The van der Waals surface area contributed by atoms with Gasteiger partial charge in [0.2, 0.25) is 0 Å². The summed E-state index contributed by atoms with van der Waals surface area (Å²) in [6.07, 6.45) is 3.63. The molecule has 1 saturated heterocycles. The van der Waals surface area contributed by atoms with Crippen LogP contribution in [-0.4, -0.2) is 43.7 Å². The highest BCUT2D eigenvalue weighted by Gasteiger charge is 2.35. The first-order valence-corrected chi connectivity index (χ1v) is 9.70. The van der Waals surface area contributed by atoms with E-state index in [1.807, 2.05) is 58.0 Å². The maximum Gasteiger partial charge on any atom is 0.323 e. The normalized spacial score (nSPS) is 18.0. The van der Waals surface area contributed by atoms with Gasteiger partial charge < -0.3 is 9.67 Å². The Morgan fingerprint density at radius 3 is 2.59 bits per heavy atom. The molecule has 1 aliphatic rings. The van der Waals surface area contributed by atoms with Crippen LogP contribution >= 0.6 is 11.8 Å². The fraction of sp³-hybridized carbons (Fsp3) is 0.350. The predicted octanol–water partition coefficient (Wildman–Crippen LogP) is 3.82. The van der Waals surface area contributed by atoms with E-state index in [0.717, 1.165) is 16.5 Å². The van der Waals surface area contributed by atoms with E-state index in [9.17, 15) is 9.59 Å². The highest BCUT2D eigenvalue weighted by atomic mass is 32.2. The van der Waals surface area contributed by atoms with E-state index < -0.39 is 5.97 Å². The molecule has 2 aromatic rings. The average molecular weight is 385 g/mol. The number of benzene rings is 1. The second-order valence-electron chi connectivity index (χ2n) is 7.01. The molecule has 142 valence electrons. The molecule has 0 saturated carbocycles. The summed E-state index contributed by atoms with van der Waals surface area (Å²) >= 11 is 1.37. The molecule has 0 unspecified atom stereocenters. The smallest absolute Gasteiger partial charge is 0.323 e. The Morgan fingerprint density at radius 2 is 1.96 bits per heavy atom. The van der Waals surface area contributed by atoms with E-state index in [-0.39, 0.29) is 24.5 Å². The molecule has 1 fully saturated rings. The minimum absolute atomic E-state index is 0.0155. The van der Waals surface area contributed by atoms with Crippen molar-refractivity contribution in [3.05, 3.63) is 40.9 Å². The van der Waals surface area contributed by atoms with Crippen LogP contribution in [0.5, 0.6) is 0 Å². The average Bonchev–Trinajstić information content (AvgIpc) is 3.05. The number of thioether (sulfide) groups is 1. The molecule has 0 bridgehead atoms. The van der Waals surface area contributed by atoms with Crippen LogP contribution in [0.25, 0.3) is 17.0 Å². The fourth-order valence-corrected chi connectivity index (χ4v) is 4.28. The van der Waals surface area contributed by atoms with Crippen molar-refractivity contribution in [1.82, 2.24) is 9.47 Å². The summed E-state index contributed by atoms with van der Waals surface area (Å²) in [6.45, 7) is 7.78. The maximum atomic E-state index is 12.9. The van der Waals surface area contributed by atoms with Crippen molar-refractivity contribution in [3.8, 4) is 0 Å². The molecule has 0 spiro atoms. The molecule has 1 aliphatic heterocycles. The lowest BCUT2D eigenvalue weighted by atomic mass is 10.1. The van der Waals surface area contributed by atoms with E-state index in [0.29, 0.717) is 10.1 Å². The van der Waals surface area contributed by atoms with E-state index in [1.54, 1.807) is 15.7 Å². The third-order valence-electron chi connectivity index (χ3n) is 4.13. The predicted molar refractivity (Wildman–Crippen MR) is 110 cm³/mol. The van der Waals surface area contributed by atoms with Crippen molar-refractivity contribution in [2.45, 2.75) is 46.3 Å². The van der Waals surface area contributed by atoms with E-state index in [1.165, 1.54) is 11.8 Å². The zero-order valence-corrected chi connectivity index (χ0v) is 16.7. The number of hydrogen-bond donors (Lipinski definition) is 1. The molecule has 1 N–H and O–H groups in total. The van der Waals surface area contributed by atoms with Crippen LogP contribution in [0.3, 0.4) is 0 Å². The SMILES string of the molecule is CC(C)N=C1S/C(=C/c2cn(CC(=O)O)c3ccccc23)C(=O)N1C(C)C. The highest BCUT2D eigenvalue weighted by molar-refractivity contribution is 8.18. The third kappa shape index (κ3) is 3.93. The van der Waals surface area contributed by atoms with Gasteiger partial charge in [-0.25, -0.2) is 0 Å². The summed E-state index contributed by atoms with van der Waals surface area (Å²) in [5.74, 6) is -0.969. The van der Waals surface area contributed by atoms with Gasteiger partial charge in [-0.05, 0) is 51.6 Å². The van der Waals surface area contributed by atoms with Gasteiger partial charge in [-0.1, -0.05) is 18.2 Å². The third-order valence-corrected chi connectivity index (χ3v) is 5.13. The Balaban J connectivity index is 2.06. The lowest BCUT2D eigenvalue weighted by Crippen LogP contribution is -2.35. The number of amides is 1. The molecule has 0 aliphatic carbocycles. The number of carboxylic acids is 1. The van der Waals surface area contributed by atoms with Crippen LogP contribution < -0.4 is 0 Å². The summed E-state index contributed by atoms with van der Waals surface area (Å²) < 4.78 is 1.69. The number of para-hydroxylation sites is 1. The molecule has 0 radical (unpaired) electrons. The zero-order chi connectivity index (χ0) is 19.7. The van der Waals surface area contributed by atoms with E-state index in [4.69, 9.17) is 5.11 Å². The second-order valence-corrected chi connectivity index (χ2v) is 8.02. The molecule has 6 nitrogen and oxygen atoms in total. The number of carbonyl (C=O) groups is 2. The van der Waals surface area contributed by atoms with Crippen molar-refractivity contribution in [3.63, 3.8) is 0 Å². The van der Waals surface area contributed by atoms with Gasteiger partial charge in [-0.3, -0.25) is 19.5 Å². The number of fused-ring (bicyclic) bond motifs is 1. The molecule has 1 amide bonds. The van der Waals surface area contributed by atoms with Gasteiger partial charge in [0.1, 0.15) is 6.54 Å². The van der Waals surface area contributed by atoms with Gasteiger partial charge in [-0.2, -0.15) is 0 Å². The first-order valence-electron chi connectivity index (χ1n) is 8.88. The number of hydrogen-bond acceptors (Lipinski definition) is 4. The van der Waals surface area contributed by atoms with Crippen molar-refractivity contribution in [2.24, 2.45) is 4.99 Å². The number of carboxylic acid groups (broad SMARTS) is 1. The van der Waals surface area contributed by atoms with Gasteiger partial charge in [0, 0.05) is 34.7 Å². The Morgan fingerprint density at radius 1 is 1.26 bits per heavy atom. The Bertz CT molecular complexity index is 957. The summed E-state index contributed by atoms with van der Waals surface area (Å²) in [5, 5.41) is 10.8. The number of aliphatic imine (C=N–C) groups is 1. The van der Waals surface area contributed by atoms with Crippen LogP contribution in [0.15, 0.2) is 40.4 Å². The maximum absolute atomic E-state index is 12.9. The van der Waals surface area contributed by atoms with Gasteiger partial charge in [-0.15, -0.1) is 0 Å². The molecule has 3 rings (SSSR count). The highest BCUT2D eigenvalue weighted by Crippen LogP contribution is 2.35. The Kier molecular flexibility index (Phi) is 5.41.